The third-order valence-corrected chi connectivity index (χ3v) is 5.31. The van der Waals surface area contributed by atoms with Gasteiger partial charge in [0.1, 0.15) is 4.90 Å². The number of benzene rings is 1. The maximum Gasteiger partial charge on any atom is 0.242 e. The highest BCUT2D eigenvalue weighted by Crippen LogP contribution is 2.31. The van der Waals surface area contributed by atoms with E-state index in [0.717, 1.165) is 0 Å². The Morgan fingerprint density at radius 3 is 2.74 bits per heavy atom. The average Bonchev–Trinajstić information content (AvgIpc) is 2.81. The van der Waals surface area contributed by atoms with Crippen molar-refractivity contribution >= 4 is 33.2 Å². The number of aliphatic hydroxyl groups excluding tert-OH is 1. The summed E-state index contributed by atoms with van der Waals surface area (Å²) in [7, 11) is -3.76. The van der Waals surface area contributed by atoms with Crippen LogP contribution in [-0.4, -0.2) is 32.8 Å². The SMILES string of the molecule is O=S(=O)(NC1CCOC1)c1ccc(Cl)c(CO)c1Cl. The van der Waals surface area contributed by atoms with Crippen molar-refractivity contribution in [2.45, 2.75) is 24.0 Å². The monoisotopic (exact) mass is 325 g/mol. The molecular weight excluding hydrogens is 313 g/mol. The summed E-state index contributed by atoms with van der Waals surface area (Å²) in [6, 6.07) is 2.47. The van der Waals surface area contributed by atoms with Crippen LogP contribution < -0.4 is 4.72 Å². The summed E-state index contributed by atoms with van der Waals surface area (Å²) in [5, 5.41) is 9.35. The maximum absolute atomic E-state index is 12.2. The van der Waals surface area contributed by atoms with Gasteiger partial charge >= 0.3 is 0 Å². The summed E-state index contributed by atoms with van der Waals surface area (Å²) in [6.45, 7) is 0.453. The van der Waals surface area contributed by atoms with Gasteiger partial charge in [-0.15, -0.1) is 0 Å². The molecule has 1 aromatic rings. The van der Waals surface area contributed by atoms with Gasteiger partial charge in [0.2, 0.25) is 10.0 Å². The second-order valence-corrected chi connectivity index (χ2v) is 6.65. The van der Waals surface area contributed by atoms with Gasteiger partial charge in [-0.05, 0) is 18.6 Å². The summed E-state index contributed by atoms with van der Waals surface area (Å²) < 4.78 is 32.1. The van der Waals surface area contributed by atoms with Crippen molar-refractivity contribution < 1.29 is 18.3 Å². The van der Waals surface area contributed by atoms with Gasteiger partial charge < -0.3 is 9.84 Å². The van der Waals surface area contributed by atoms with E-state index in [0.29, 0.717) is 19.6 Å². The molecule has 0 saturated carbocycles. The summed E-state index contributed by atoms with van der Waals surface area (Å²) in [5.74, 6) is 0. The number of sulfonamides is 1. The molecule has 0 bridgehead atoms. The van der Waals surface area contributed by atoms with Crippen molar-refractivity contribution in [1.29, 1.82) is 0 Å². The van der Waals surface area contributed by atoms with E-state index in [1.54, 1.807) is 0 Å². The standard InChI is InChI=1S/C11H13Cl2NO4S/c12-9-1-2-10(11(13)8(9)5-15)19(16,17)14-7-3-4-18-6-7/h1-2,7,14-15H,3-6H2. The first-order chi connectivity index (χ1) is 8.95. The van der Waals surface area contributed by atoms with Crippen LogP contribution in [0.2, 0.25) is 10.0 Å². The number of ether oxygens (including phenoxy) is 1. The lowest BCUT2D eigenvalue weighted by Gasteiger charge is -2.14. The van der Waals surface area contributed by atoms with E-state index in [4.69, 9.17) is 33.0 Å². The zero-order chi connectivity index (χ0) is 14.0. The molecule has 0 amide bonds. The Bertz CT molecular complexity index is 570. The van der Waals surface area contributed by atoms with Crippen LogP contribution in [0.25, 0.3) is 0 Å². The van der Waals surface area contributed by atoms with Crippen LogP contribution in [0.3, 0.4) is 0 Å². The summed E-state index contributed by atoms with van der Waals surface area (Å²) in [4.78, 5) is -0.0884. The maximum atomic E-state index is 12.2. The van der Waals surface area contributed by atoms with Crippen LogP contribution in [0, 0.1) is 0 Å². The Morgan fingerprint density at radius 1 is 1.42 bits per heavy atom. The largest absolute Gasteiger partial charge is 0.392 e. The molecule has 19 heavy (non-hydrogen) atoms. The number of halogens is 2. The van der Waals surface area contributed by atoms with E-state index in [9.17, 15) is 8.42 Å². The van der Waals surface area contributed by atoms with E-state index >= 15 is 0 Å². The first-order valence-electron chi connectivity index (χ1n) is 5.63. The van der Waals surface area contributed by atoms with Crippen molar-refractivity contribution in [3.63, 3.8) is 0 Å². The van der Waals surface area contributed by atoms with Gasteiger partial charge in [-0.25, -0.2) is 13.1 Å². The fraction of sp³-hybridized carbons (Fsp3) is 0.455. The molecule has 1 aliphatic heterocycles. The first-order valence-corrected chi connectivity index (χ1v) is 7.87. The van der Waals surface area contributed by atoms with Crippen molar-refractivity contribution in [1.82, 2.24) is 4.72 Å². The Kier molecular flexibility index (Phi) is 4.70. The Balaban J connectivity index is 2.34. The number of rotatable bonds is 4. The highest BCUT2D eigenvalue weighted by molar-refractivity contribution is 7.89. The third kappa shape index (κ3) is 3.21. The molecule has 0 aliphatic carbocycles. The Hall–Kier alpha value is -0.370. The van der Waals surface area contributed by atoms with E-state index in [1.807, 2.05) is 0 Å². The van der Waals surface area contributed by atoms with Crippen molar-refractivity contribution in [3.8, 4) is 0 Å². The Labute approximate surface area is 121 Å². The van der Waals surface area contributed by atoms with E-state index in [2.05, 4.69) is 4.72 Å². The molecule has 0 aromatic heterocycles. The quantitative estimate of drug-likeness (QED) is 0.880. The predicted octanol–water partition coefficient (Wildman–Crippen LogP) is 1.55. The van der Waals surface area contributed by atoms with Crippen LogP contribution in [0.15, 0.2) is 17.0 Å². The van der Waals surface area contributed by atoms with Crippen molar-refractivity contribution in [2.75, 3.05) is 13.2 Å². The Morgan fingerprint density at radius 2 is 2.16 bits per heavy atom. The van der Waals surface area contributed by atoms with Gasteiger partial charge in [-0.2, -0.15) is 0 Å². The summed E-state index contributed by atoms with van der Waals surface area (Å²) in [5.41, 5.74) is 0.203. The molecule has 1 fully saturated rings. The van der Waals surface area contributed by atoms with Crippen LogP contribution >= 0.6 is 23.2 Å². The van der Waals surface area contributed by atoms with E-state index in [1.165, 1.54) is 12.1 Å². The normalized spacial score (nSPS) is 19.8. The zero-order valence-electron chi connectivity index (χ0n) is 9.90. The van der Waals surface area contributed by atoms with E-state index < -0.39 is 16.6 Å². The van der Waals surface area contributed by atoms with Crippen LogP contribution in [0.4, 0.5) is 0 Å². The van der Waals surface area contributed by atoms with Gasteiger partial charge in [0.25, 0.3) is 0 Å². The van der Waals surface area contributed by atoms with Crippen molar-refractivity contribution in [3.05, 3.63) is 27.7 Å². The number of hydrogen-bond acceptors (Lipinski definition) is 4. The molecule has 1 saturated heterocycles. The van der Waals surface area contributed by atoms with Gasteiger partial charge in [0.05, 0.1) is 18.2 Å². The number of hydrogen-bond donors (Lipinski definition) is 2. The lowest BCUT2D eigenvalue weighted by atomic mass is 10.2. The number of nitrogens with one attached hydrogen (secondary N) is 1. The van der Waals surface area contributed by atoms with Gasteiger partial charge in [0, 0.05) is 23.2 Å². The molecule has 2 N–H and O–H groups in total. The van der Waals surface area contributed by atoms with Crippen LogP contribution in [-0.2, 0) is 21.4 Å². The molecule has 0 radical (unpaired) electrons. The van der Waals surface area contributed by atoms with Crippen LogP contribution in [0.5, 0.6) is 0 Å². The molecule has 0 spiro atoms. The molecule has 1 aromatic carbocycles. The second-order valence-electron chi connectivity index (χ2n) is 4.18. The minimum absolute atomic E-state index is 0.0542. The smallest absolute Gasteiger partial charge is 0.242 e. The van der Waals surface area contributed by atoms with Crippen LogP contribution in [0.1, 0.15) is 12.0 Å². The molecule has 8 heteroatoms. The average molecular weight is 326 g/mol. The third-order valence-electron chi connectivity index (χ3n) is 2.85. The zero-order valence-corrected chi connectivity index (χ0v) is 12.2. The van der Waals surface area contributed by atoms with Crippen molar-refractivity contribution in [2.24, 2.45) is 0 Å². The highest BCUT2D eigenvalue weighted by Gasteiger charge is 2.26. The predicted molar refractivity (Wildman–Crippen MR) is 71.9 cm³/mol. The summed E-state index contributed by atoms with van der Waals surface area (Å²) in [6.07, 6.45) is 0.622. The minimum Gasteiger partial charge on any atom is -0.392 e. The lowest BCUT2D eigenvalue weighted by Crippen LogP contribution is -2.35. The molecule has 1 heterocycles. The first kappa shape index (κ1) is 15.0. The second kappa shape index (κ2) is 5.95. The fourth-order valence-corrected chi connectivity index (χ4v) is 3.99. The number of aliphatic hydroxyl groups is 1. The van der Waals surface area contributed by atoms with Gasteiger partial charge in [-0.3, -0.25) is 0 Å². The molecule has 1 atom stereocenters. The molecule has 1 unspecified atom stereocenters. The highest BCUT2D eigenvalue weighted by atomic mass is 35.5. The van der Waals surface area contributed by atoms with E-state index in [-0.39, 0.29) is 26.5 Å². The topological polar surface area (TPSA) is 75.6 Å². The fourth-order valence-electron chi connectivity index (χ4n) is 1.84. The molecule has 1 aliphatic rings. The lowest BCUT2D eigenvalue weighted by molar-refractivity contribution is 0.192. The molecule has 106 valence electrons. The molecule has 5 nitrogen and oxygen atoms in total. The minimum atomic E-state index is -3.76. The van der Waals surface area contributed by atoms with Gasteiger partial charge in [0.15, 0.2) is 0 Å². The summed E-state index contributed by atoms with van der Waals surface area (Å²) >= 11 is 11.8. The molecule has 2 rings (SSSR count). The molecular formula is C11H13Cl2NO4S. The van der Waals surface area contributed by atoms with Gasteiger partial charge in [-0.1, -0.05) is 23.2 Å².